The number of benzene rings is 1. The summed E-state index contributed by atoms with van der Waals surface area (Å²) in [7, 11) is 2.01. The molecule has 2 amide bonds. The largest absolute Gasteiger partial charge is 0.370 e. The number of likely N-dealkylation sites (tertiary alicyclic amines) is 1. The Balaban J connectivity index is 1.54. The zero-order chi connectivity index (χ0) is 18.5. The van der Waals surface area contributed by atoms with E-state index < -0.39 is 0 Å². The maximum atomic E-state index is 12.4. The summed E-state index contributed by atoms with van der Waals surface area (Å²) in [6, 6.07) is 11.8. The Bertz CT molecular complexity index is 750. The summed E-state index contributed by atoms with van der Waals surface area (Å²) in [5.41, 5.74) is 2.07. The zero-order valence-electron chi connectivity index (χ0n) is 15.4. The first kappa shape index (κ1) is 18.0. The first-order valence-electron chi connectivity index (χ1n) is 9.10. The van der Waals surface area contributed by atoms with Crippen molar-refractivity contribution in [2.24, 2.45) is 0 Å². The molecule has 6 heteroatoms. The minimum atomic E-state index is -0.171. The standard InChI is InChI=1S/C20H26N4O2/c1-15(23(2)17-8-4-3-5-9-17)13-22-19(25)16-12-18(21-14-16)20(26)24-10-6-7-11-24/h3-5,8-9,12,14-15,21H,6-7,10-11,13H2,1-2H3,(H,22,25). The van der Waals surface area contributed by atoms with E-state index in [4.69, 9.17) is 0 Å². The van der Waals surface area contributed by atoms with Gasteiger partial charge in [0, 0.05) is 44.6 Å². The molecular weight excluding hydrogens is 328 g/mol. The molecule has 1 aromatic heterocycles. The average molecular weight is 354 g/mol. The molecule has 0 aliphatic carbocycles. The van der Waals surface area contributed by atoms with E-state index in [2.05, 4.69) is 22.1 Å². The van der Waals surface area contributed by atoms with Crippen molar-refractivity contribution in [2.45, 2.75) is 25.8 Å². The number of carbonyl (C=O) groups is 2. The Morgan fingerprint density at radius 2 is 1.92 bits per heavy atom. The van der Waals surface area contributed by atoms with Crippen molar-refractivity contribution in [3.63, 3.8) is 0 Å². The monoisotopic (exact) mass is 354 g/mol. The highest BCUT2D eigenvalue weighted by atomic mass is 16.2. The fourth-order valence-corrected chi connectivity index (χ4v) is 3.14. The molecule has 138 valence electrons. The van der Waals surface area contributed by atoms with E-state index >= 15 is 0 Å². The SMILES string of the molecule is CC(CNC(=O)c1c[nH]c(C(=O)N2CCCC2)c1)N(C)c1ccccc1. The van der Waals surface area contributed by atoms with Gasteiger partial charge in [0.05, 0.1) is 5.56 Å². The molecule has 0 spiro atoms. The predicted octanol–water partition coefficient (Wildman–Crippen LogP) is 2.51. The summed E-state index contributed by atoms with van der Waals surface area (Å²) in [6.45, 7) is 4.17. The summed E-state index contributed by atoms with van der Waals surface area (Å²) in [4.78, 5) is 31.6. The third-order valence-corrected chi connectivity index (χ3v) is 4.95. The minimum Gasteiger partial charge on any atom is -0.370 e. The zero-order valence-corrected chi connectivity index (χ0v) is 15.4. The Morgan fingerprint density at radius 3 is 2.62 bits per heavy atom. The van der Waals surface area contributed by atoms with Crippen molar-refractivity contribution in [3.05, 3.63) is 53.9 Å². The second-order valence-corrected chi connectivity index (χ2v) is 6.81. The van der Waals surface area contributed by atoms with Crippen LogP contribution in [0.15, 0.2) is 42.6 Å². The van der Waals surface area contributed by atoms with Crippen molar-refractivity contribution in [2.75, 3.05) is 31.6 Å². The molecule has 0 bridgehead atoms. The second-order valence-electron chi connectivity index (χ2n) is 6.81. The molecule has 0 saturated carbocycles. The smallest absolute Gasteiger partial charge is 0.270 e. The number of likely N-dealkylation sites (N-methyl/N-ethyl adjacent to an activating group) is 1. The van der Waals surface area contributed by atoms with Gasteiger partial charge in [-0.05, 0) is 38.0 Å². The number of hydrogen-bond donors (Lipinski definition) is 2. The second kappa shape index (κ2) is 8.08. The van der Waals surface area contributed by atoms with E-state index in [0.29, 0.717) is 17.8 Å². The van der Waals surface area contributed by atoms with Crippen LogP contribution >= 0.6 is 0 Å². The highest BCUT2D eigenvalue weighted by molar-refractivity contribution is 5.99. The van der Waals surface area contributed by atoms with E-state index in [1.165, 1.54) is 0 Å². The van der Waals surface area contributed by atoms with Crippen molar-refractivity contribution in [3.8, 4) is 0 Å². The highest BCUT2D eigenvalue weighted by Gasteiger charge is 2.22. The maximum absolute atomic E-state index is 12.4. The Kier molecular flexibility index (Phi) is 5.61. The molecule has 3 rings (SSSR count). The fourth-order valence-electron chi connectivity index (χ4n) is 3.14. The van der Waals surface area contributed by atoms with Crippen molar-refractivity contribution >= 4 is 17.5 Å². The predicted molar refractivity (Wildman–Crippen MR) is 103 cm³/mol. The van der Waals surface area contributed by atoms with E-state index in [9.17, 15) is 9.59 Å². The fraction of sp³-hybridized carbons (Fsp3) is 0.400. The van der Waals surface area contributed by atoms with Crippen molar-refractivity contribution < 1.29 is 9.59 Å². The summed E-state index contributed by atoms with van der Waals surface area (Å²) >= 11 is 0. The molecular formula is C20H26N4O2. The van der Waals surface area contributed by atoms with Crippen LogP contribution in [0.4, 0.5) is 5.69 Å². The number of para-hydroxylation sites is 1. The molecule has 1 saturated heterocycles. The van der Waals surface area contributed by atoms with Gasteiger partial charge in [-0.2, -0.15) is 0 Å². The van der Waals surface area contributed by atoms with Gasteiger partial charge in [-0.15, -0.1) is 0 Å². The normalized spacial score (nSPS) is 14.9. The molecule has 1 aromatic carbocycles. The number of rotatable bonds is 6. The molecule has 2 heterocycles. The Morgan fingerprint density at radius 1 is 1.23 bits per heavy atom. The van der Waals surface area contributed by atoms with E-state index in [1.807, 2.05) is 42.3 Å². The lowest BCUT2D eigenvalue weighted by Gasteiger charge is -2.27. The van der Waals surface area contributed by atoms with Gasteiger partial charge in [0.25, 0.3) is 11.8 Å². The van der Waals surface area contributed by atoms with Crippen LogP contribution in [-0.4, -0.2) is 54.4 Å². The summed E-state index contributed by atoms with van der Waals surface area (Å²) < 4.78 is 0. The molecule has 1 aliphatic rings. The van der Waals surface area contributed by atoms with E-state index in [1.54, 1.807) is 12.3 Å². The van der Waals surface area contributed by atoms with Gasteiger partial charge in [-0.25, -0.2) is 0 Å². The third-order valence-electron chi connectivity index (χ3n) is 4.95. The van der Waals surface area contributed by atoms with Crippen LogP contribution in [0.2, 0.25) is 0 Å². The third kappa shape index (κ3) is 4.07. The topological polar surface area (TPSA) is 68.4 Å². The van der Waals surface area contributed by atoms with Crippen LogP contribution in [0.5, 0.6) is 0 Å². The summed E-state index contributed by atoms with van der Waals surface area (Å²) in [5, 5.41) is 2.95. The molecule has 1 fully saturated rings. The lowest BCUT2D eigenvalue weighted by molar-refractivity contribution is 0.0787. The van der Waals surface area contributed by atoms with Gasteiger partial charge < -0.3 is 20.1 Å². The molecule has 6 nitrogen and oxygen atoms in total. The average Bonchev–Trinajstić information content (AvgIpc) is 3.37. The summed E-state index contributed by atoms with van der Waals surface area (Å²) in [6.07, 6.45) is 3.70. The first-order valence-corrected chi connectivity index (χ1v) is 9.10. The summed E-state index contributed by atoms with van der Waals surface area (Å²) in [5.74, 6) is -0.200. The van der Waals surface area contributed by atoms with Crippen LogP contribution in [0.3, 0.4) is 0 Å². The van der Waals surface area contributed by atoms with E-state index in [0.717, 1.165) is 31.6 Å². The van der Waals surface area contributed by atoms with Crippen molar-refractivity contribution in [1.29, 1.82) is 0 Å². The molecule has 1 atom stereocenters. The quantitative estimate of drug-likeness (QED) is 0.837. The van der Waals surface area contributed by atoms with Gasteiger partial charge >= 0.3 is 0 Å². The number of nitrogens with one attached hydrogen (secondary N) is 2. The molecule has 26 heavy (non-hydrogen) atoms. The maximum Gasteiger partial charge on any atom is 0.270 e. The number of aromatic nitrogens is 1. The number of hydrogen-bond acceptors (Lipinski definition) is 3. The lowest BCUT2D eigenvalue weighted by atomic mass is 10.2. The molecule has 2 aromatic rings. The number of aromatic amines is 1. The van der Waals surface area contributed by atoms with Gasteiger partial charge in [-0.3, -0.25) is 9.59 Å². The number of carbonyl (C=O) groups excluding carboxylic acids is 2. The number of anilines is 1. The van der Waals surface area contributed by atoms with Crippen molar-refractivity contribution in [1.82, 2.24) is 15.2 Å². The molecule has 0 radical (unpaired) electrons. The van der Waals surface area contributed by atoms with Crippen LogP contribution in [-0.2, 0) is 0 Å². The minimum absolute atomic E-state index is 0.0290. The molecule has 1 aliphatic heterocycles. The number of nitrogens with zero attached hydrogens (tertiary/aromatic N) is 2. The lowest BCUT2D eigenvalue weighted by Crippen LogP contribution is -2.40. The van der Waals surface area contributed by atoms with Gasteiger partial charge in [-0.1, -0.05) is 18.2 Å². The molecule has 1 unspecified atom stereocenters. The van der Waals surface area contributed by atoms with Gasteiger partial charge in [0.15, 0.2) is 0 Å². The Hall–Kier alpha value is -2.76. The van der Waals surface area contributed by atoms with Crippen LogP contribution < -0.4 is 10.2 Å². The first-order chi connectivity index (χ1) is 12.6. The number of amides is 2. The van der Waals surface area contributed by atoms with E-state index in [-0.39, 0.29) is 17.9 Å². The van der Waals surface area contributed by atoms with Crippen LogP contribution in [0.25, 0.3) is 0 Å². The number of H-pyrrole nitrogens is 1. The van der Waals surface area contributed by atoms with Gasteiger partial charge in [0.1, 0.15) is 5.69 Å². The van der Waals surface area contributed by atoms with Crippen LogP contribution in [0, 0.1) is 0 Å². The van der Waals surface area contributed by atoms with Gasteiger partial charge in [0.2, 0.25) is 0 Å². The van der Waals surface area contributed by atoms with Crippen LogP contribution in [0.1, 0.15) is 40.6 Å². The Labute approximate surface area is 154 Å². The highest BCUT2D eigenvalue weighted by Crippen LogP contribution is 2.15. The molecule has 2 N–H and O–H groups in total.